The second-order valence-electron chi connectivity index (χ2n) is 6.08. The molecule has 0 saturated carbocycles. The summed E-state index contributed by atoms with van der Waals surface area (Å²) >= 11 is 0. The minimum Gasteiger partial charge on any atom is -0.497 e. The Labute approximate surface area is 141 Å². The predicted molar refractivity (Wildman–Crippen MR) is 94.5 cm³/mol. The van der Waals surface area contributed by atoms with E-state index in [4.69, 9.17) is 9.15 Å². The zero-order valence-electron chi connectivity index (χ0n) is 13.8. The number of ether oxygens (including phenoxy) is 1. The highest BCUT2D eigenvalue weighted by Gasteiger charge is 2.21. The highest BCUT2D eigenvalue weighted by molar-refractivity contribution is 5.74. The van der Waals surface area contributed by atoms with E-state index in [1.165, 1.54) is 5.56 Å². The van der Waals surface area contributed by atoms with Gasteiger partial charge in [0.2, 0.25) is 0 Å². The number of para-hydroxylation sites is 2. The molecule has 0 unspecified atom stereocenters. The van der Waals surface area contributed by atoms with Gasteiger partial charge in [-0.05, 0) is 29.8 Å². The number of aromatic nitrogens is 1. The lowest BCUT2D eigenvalue weighted by molar-refractivity contribution is 0.245. The number of nitrogens with zero attached hydrogens (tertiary/aromatic N) is 3. The van der Waals surface area contributed by atoms with Crippen molar-refractivity contribution in [1.29, 1.82) is 0 Å². The molecule has 124 valence electrons. The lowest BCUT2D eigenvalue weighted by atomic mass is 10.2. The molecule has 1 aliphatic rings. The fraction of sp³-hybridized carbons (Fsp3) is 0.316. The van der Waals surface area contributed by atoms with E-state index in [1.807, 2.05) is 36.4 Å². The van der Waals surface area contributed by atoms with Crippen molar-refractivity contribution < 1.29 is 9.15 Å². The van der Waals surface area contributed by atoms with Gasteiger partial charge >= 0.3 is 0 Å². The van der Waals surface area contributed by atoms with Crippen molar-refractivity contribution in [2.75, 3.05) is 38.2 Å². The van der Waals surface area contributed by atoms with E-state index in [0.29, 0.717) is 0 Å². The van der Waals surface area contributed by atoms with E-state index in [0.717, 1.165) is 55.6 Å². The molecule has 3 aromatic rings. The first kappa shape index (κ1) is 15.0. The van der Waals surface area contributed by atoms with Crippen LogP contribution in [0.1, 0.15) is 5.56 Å². The standard InChI is InChI=1S/C19H21N3O2/c1-23-16-6-4-5-15(13-16)14-21-9-11-22(12-10-21)19-20-17-7-2-3-8-18(17)24-19/h2-8,13H,9-12,14H2,1H3. The number of benzene rings is 2. The van der Waals surface area contributed by atoms with Crippen LogP contribution >= 0.6 is 0 Å². The molecule has 0 N–H and O–H groups in total. The summed E-state index contributed by atoms with van der Waals surface area (Å²) < 4.78 is 11.2. The first-order valence-electron chi connectivity index (χ1n) is 8.27. The maximum Gasteiger partial charge on any atom is 0.298 e. The minimum absolute atomic E-state index is 0.734. The largest absolute Gasteiger partial charge is 0.497 e. The molecule has 0 radical (unpaired) electrons. The van der Waals surface area contributed by atoms with Gasteiger partial charge < -0.3 is 14.1 Å². The predicted octanol–water partition coefficient (Wildman–Crippen LogP) is 3.16. The van der Waals surface area contributed by atoms with Gasteiger partial charge in [0, 0.05) is 32.7 Å². The zero-order valence-corrected chi connectivity index (χ0v) is 13.8. The third kappa shape index (κ3) is 3.08. The molecular weight excluding hydrogens is 302 g/mol. The van der Waals surface area contributed by atoms with E-state index in [9.17, 15) is 0 Å². The van der Waals surface area contributed by atoms with Gasteiger partial charge in [0.1, 0.15) is 11.3 Å². The molecule has 5 heteroatoms. The van der Waals surface area contributed by atoms with E-state index in [-0.39, 0.29) is 0 Å². The number of hydrogen-bond donors (Lipinski definition) is 0. The van der Waals surface area contributed by atoms with Gasteiger partial charge in [-0.15, -0.1) is 0 Å². The Hall–Kier alpha value is -2.53. The molecule has 4 rings (SSSR count). The van der Waals surface area contributed by atoms with Crippen molar-refractivity contribution in [2.24, 2.45) is 0 Å². The number of hydrogen-bond acceptors (Lipinski definition) is 5. The molecule has 0 aliphatic carbocycles. The van der Waals surface area contributed by atoms with Crippen LogP contribution in [0.2, 0.25) is 0 Å². The quantitative estimate of drug-likeness (QED) is 0.738. The van der Waals surface area contributed by atoms with Gasteiger partial charge in [0.25, 0.3) is 6.01 Å². The summed E-state index contributed by atoms with van der Waals surface area (Å²) in [6.07, 6.45) is 0. The minimum atomic E-state index is 0.734. The molecule has 5 nitrogen and oxygen atoms in total. The molecule has 1 aromatic heterocycles. The summed E-state index contributed by atoms with van der Waals surface area (Å²) in [4.78, 5) is 9.27. The van der Waals surface area contributed by atoms with Crippen LogP contribution in [0.3, 0.4) is 0 Å². The number of rotatable bonds is 4. The van der Waals surface area contributed by atoms with Crippen LogP contribution in [-0.4, -0.2) is 43.2 Å². The molecule has 2 aromatic carbocycles. The van der Waals surface area contributed by atoms with Crippen LogP contribution in [0.5, 0.6) is 5.75 Å². The van der Waals surface area contributed by atoms with E-state index in [1.54, 1.807) is 7.11 Å². The summed E-state index contributed by atoms with van der Waals surface area (Å²) in [5, 5.41) is 0. The SMILES string of the molecule is COc1cccc(CN2CCN(c3nc4ccccc4o3)CC2)c1. The van der Waals surface area contributed by atoms with Crippen molar-refractivity contribution in [3.05, 3.63) is 54.1 Å². The Morgan fingerprint density at radius 2 is 1.88 bits per heavy atom. The van der Waals surface area contributed by atoms with Crippen molar-refractivity contribution in [3.8, 4) is 5.75 Å². The number of anilines is 1. The van der Waals surface area contributed by atoms with Crippen molar-refractivity contribution in [1.82, 2.24) is 9.88 Å². The lowest BCUT2D eigenvalue weighted by Gasteiger charge is -2.33. The van der Waals surface area contributed by atoms with Gasteiger partial charge in [-0.25, -0.2) is 0 Å². The highest BCUT2D eigenvalue weighted by atomic mass is 16.5. The number of fused-ring (bicyclic) bond motifs is 1. The van der Waals surface area contributed by atoms with E-state index < -0.39 is 0 Å². The average Bonchev–Trinajstić information content (AvgIpc) is 3.06. The molecule has 0 bridgehead atoms. The van der Waals surface area contributed by atoms with Gasteiger partial charge in [0.15, 0.2) is 5.58 Å². The van der Waals surface area contributed by atoms with Gasteiger partial charge in [-0.3, -0.25) is 4.90 Å². The molecular formula is C19H21N3O2. The summed E-state index contributed by atoms with van der Waals surface area (Å²) in [6.45, 7) is 4.79. The molecule has 1 fully saturated rings. The second kappa shape index (κ2) is 6.53. The summed E-state index contributed by atoms with van der Waals surface area (Å²) in [7, 11) is 1.71. The van der Waals surface area contributed by atoms with Crippen LogP contribution in [0, 0.1) is 0 Å². The fourth-order valence-electron chi connectivity index (χ4n) is 3.12. The second-order valence-corrected chi connectivity index (χ2v) is 6.08. The Bertz CT molecular complexity index is 789. The Morgan fingerprint density at radius 3 is 2.67 bits per heavy atom. The fourth-order valence-corrected chi connectivity index (χ4v) is 3.12. The third-order valence-electron chi connectivity index (χ3n) is 4.47. The van der Waals surface area contributed by atoms with Crippen LogP contribution in [0.15, 0.2) is 52.9 Å². The Morgan fingerprint density at radius 1 is 1.04 bits per heavy atom. The molecule has 24 heavy (non-hydrogen) atoms. The molecule has 0 amide bonds. The maximum atomic E-state index is 5.87. The van der Waals surface area contributed by atoms with Crippen molar-refractivity contribution in [2.45, 2.75) is 6.54 Å². The first-order valence-corrected chi connectivity index (χ1v) is 8.27. The van der Waals surface area contributed by atoms with Crippen molar-refractivity contribution in [3.63, 3.8) is 0 Å². The monoisotopic (exact) mass is 323 g/mol. The summed E-state index contributed by atoms with van der Waals surface area (Å²) in [5.74, 6) is 0.914. The zero-order chi connectivity index (χ0) is 16.4. The molecule has 0 atom stereocenters. The highest BCUT2D eigenvalue weighted by Crippen LogP contribution is 2.23. The number of piperazine rings is 1. The number of methoxy groups -OCH3 is 1. The van der Waals surface area contributed by atoms with Crippen LogP contribution < -0.4 is 9.64 Å². The van der Waals surface area contributed by atoms with Crippen LogP contribution in [0.25, 0.3) is 11.1 Å². The smallest absolute Gasteiger partial charge is 0.298 e. The summed E-state index contributed by atoms with van der Waals surface area (Å²) in [5.41, 5.74) is 3.06. The number of oxazole rings is 1. The van der Waals surface area contributed by atoms with Gasteiger partial charge in [0.05, 0.1) is 7.11 Å². The van der Waals surface area contributed by atoms with Crippen LogP contribution in [-0.2, 0) is 6.54 Å². The lowest BCUT2D eigenvalue weighted by Crippen LogP contribution is -2.46. The maximum absolute atomic E-state index is 5.87. The van der Waals surface area contributed by atoms with E-state index >= 15 is 0 Å². The summed E-state index contributed by atoms with van der Waals surface area (Å²) in [6, 6.07) is 16.9. The molecule has 2 heterocycles. The first-order chi connectivity index (χ1) is 11.8. The average molecular weight is 323 g/mol. The van der Waals surface area contributed by atoms with Crippen LogP contribution in [0.4, 0.5) is 6.01 Å². The molecule has 1 aliphatic heterocycles. The van der Waals surface area contributed by atoms with Gasteiger partial charge in [-0.2, -0.15) is 4.98 Å². The topological polar surface area (TPSA) is 41.7 Å². The molecule has 0 spiro atoms. The van der Waals surface area contributed by atoms with E-state index in [2.05, 4.69) is 26.9 Å². The Balaban J connectivity index is 1.39. The Kier molecular flexibility index (Phi) is 4.09. The molecule has 1 saturated heterocycles. The van der Waals surface area contributed by atoms with Crippen molar-refractivity contribution >= 4 is 17.1 Å². The third-order valence-corrected chi connectivity index (χ3v) is 4.47. The normalized spacial score (nSPS) is 15.8. The van der Waals surface area contributed by atoms with Gasteiger partial charge in [-0.1, -0.05) is 24.3 Å².